The van der Waals surface area contributed by atoms with Crippen LogP contribution >= 0.6 is 11.6 Å². The molecule has 6 nitrogen and oxygen atoms in total. The van der Waals surface area contributed by atoms with E-state index in [0.29, 0.717) is 41.8 Å². The minimum absolute atomic E-state index is 0.231. The summed E-state index contributed by atoms with van der Waals surface area (Å²) in [5.41, 5.74) is 1.85. The topological polar surface area (TPSA) is 68.2 Å². The van der Waals surface area contributed by atoms with Crippen molar-refractivity contribution in [2.45, 2.75) is 25.8 Å². The van der Waals surface area contributed by atoms with Crippen LogP contribution in [0.4, 0.5) is 0 Å². The highest BCUT2D eigenvalue weighted by Crippen LogP contribution is 2.41. The summed E-state index contributed by atoms with van der Waals surface area (Å²) in [5.74, 6) is 0.835. The standard InChI is InChI=1S/C23H28ClNO5/c1-4-30-20-9-7-15(12-21(20)29-3)22(18-13-17(24)8-10-19(18)28-2)25-11-5-6-16(14-25)23(26)27/h7-10,12-13,16,22H,4-6,11,14H2,1-3H3,(H,26,27). The van der Waals surface area contributed by atoms with Crippen LogP contribution in [0.25, 0.3) is 0 Å². The molecule has 2 unspecified atom stereocenters. The summed E-state index contributed by atoms with van der Waals surface area (Å²) in [6.07, 6.45) is 1.49. The van der Waals surface area contributed by atoms with Crippen molar-refractivity contribution in [3.8, 4) is 17.2 Å². The SMILES string of the molecule is CCOc1ccc(C(c2cc(Cl)ccc2OC)N2CCCC(C(=O)O)C2)cc1OC. The Hall–Kier alpha value is -2.44. The zero-order chi connectivity index (χ0) is 21.7. The lowest BCUT2D eigenvalue weighted by molar-refractivity contribution is -0.143. The summed E-state index contributed by atoms with van der Waals surface area (Å²) in [6.45, 7) is 3.69. The number of ether oxygens (including phenoxy) is 3. The molecule has 1 heterocycles. The van der Waals surface area contributed by atoms with Gasteiger partial charge >= 0.3 is 5.97 Å². The number of methoxy groups -OCH3 is 2. The van der Waals surface area contributed by atoms with Crippen molar-refractivity contribution in [1.29, 1.82) is 0 Å². The molecule has 1 N–H and O–H groups in total. The summed E-state index contributed by atoms with van der Waals surface area (Å²) < 4.78 is 16.9. The quantitative estimate of drug-likeness (QED) is 0.654. The summed E-state index contributed by atoms with van der Waals surface area (Å²) in [6, 6.07) is 11.1. The van der Waals surface area contributed by atoms with Gasteiger partial charge in [0.25, 0.3) is 0 Å². The predicted octanol–water partition coefficient (Wildman–Crippen LogP) is 4.64. The van der Waals surface area contributed by atoms with Crippen molar-refractivity contribution in [1.82, 2.24) is 4.90 Å². The van der Waals surface area contributed by atoms with Gasteiger partial charge in [-0.05, 0) is 62.2 Å². The molecule has 0 aromatic heterocycles. The number of piperidine rings is 1. The van der Waals surface area contributed by atoms with E-state index in [4.69, 9.17) is 25.8 Å². The number of hydrogen-bond donors (Lipinski definition) is 1. The normalized spacial score (nSPS) is 17.9. The van der Waals surface area contributed by atoms with Crippen LogP contribution in [0.5, 0.6) is 17.2 Å². The van der Waals surface area contributed by atoms with Gasteiger partial charge in [0, 0.05) is 17.1 Å². The van der Waals surface area contributed by atoms with Gasteiger partial charge in [0.1, 0.15) is 5.75 Å². The molecule has 2 atom stereocenters. The molecule has 0 radical (unpaired) electrons. The molecule has 0 bridgehead atoms. The Labute approximate surface area is 182 Å². The monoisotopic (exact) mass is 433 g/mol. The van der Waals surface area contributed by atoms with Crippen molar-refractivity contribution < 1.29 is 24.1 Å². The van der Waals surface area contributed by atoms with E-state index in [1.54, 1.807) is 20.3 Å². The molecule has 1 saturated heterocycles. The van der Waals surface area contributed by atoms with Crippen molar-refractivity contribution in [2.75, 3.05) is 33.9 Å². The van der Waals surface area contributed by atoms with Crippen LogP contribution in [-0.4, -0.2) is 49.9 Å². The van der Waals surface area contributed by atoms with E-state index in [1.807, 2.05) is 37.3 Å². The van der Waals surface area contributed by atoms with Gasteiger partial charge in [0.05, 0.1) is 32.8 Å². The molecule has 7 heteroatoms. The smallest absolute Gasteiger partial charge is 0.307 e. The Morgan fingerprint density at radius 1 is 1.17 bits per heavy atom. The molecule has 30 heavy (non-hydrogen) atoms. The third kappa shape index (κ3) is 4.82. The minimum Gasteiger partial charge on any atom is -0.496 e. The molecule has 1 fully saturated rings. The first-order valence-corrected chi connectivity index (χ1v) is 10.5. The third-order valence-corrected chi connectivity index (χ3v) is 5.69. The Kier molecular flexibility index (Phi) is 7.45. The number of carboxylic acids is 1. The van der Waals surface area contributed by atoms with Crippen molar-refractivity contribution >= 4 is 17.6 Å². The van der Waals surface area contributed by atoms with E-state index < -0.39 is 11.9 Å². The maximum atomic E-state index is 11.7. The van der Waals surface area contributed by atoms with Crippen LogP contribution in [0.15, 0.2) is 36.4 Å². The number of hydrogen-bond acceptors (Lipinski definition) is 5. The molecule has 1 aliphatic heterocycles. The number of carbonyl (C=O) groups is 1. The highest BCUT2D eigenvalue weighted by molar-refractivity contribution is 6.30. The molecular weight excluding hydrogens is 406 g/mol. The first-order chi connectivity index (χ1) is 14.5. The van der Waals surface area contributed by atoms with Crippen LogP contribution in [0.1, 0.15) is 36.9 Å². The Bertz CT molecular complexity index is 888. The summed E-state index contributed by atoms with van der Waals surface area (Å²) in [5, 5.41) is 10.2. The maximum Gasteiger partial charge on any atom is 0.307 e. The van der Waals surface area contributed by atoms with Gasteiger partial charge in [-0.2, -0.15) is 0 Å². The molecule has 162 valence electrons. The fourth-order valence-electron chi connectivity index (χ4n) is 4.08. The fraction of sp³-hybridized carbons (Fsp3) is 0.435. The van der Waals surface area contributed by atoms with Crippen molar-refractivity contribution in [3.63, 3.8) is 0 Å². The van der Waals surface area contributed by atoms with Crippen LogP contribution < -0.4 is 14.2 Å². The molecule has 0 spiro atoms. The van der Waals surface area contributed by atoms with Gasteiger partial charge in [-0.25, -0.2) is 0 Å². The lowest BCUT2D eigenvalue weighted by atomic mass is 9.91. The zero-order valence-electron chi connectivity index (χ0n) is 17.6. The molecule has 3 rings (SSSR count). The number of rotatable bonds is 8. The minimum atomic E-state index is -0.763. The number of halogens is 1. The van der Waals surface area contributed by atoms with Gasteiger partial charge in [-0.3, -0.25) is 9.69 Å². The fourth-order valence-corrected chi connectivity index (χ4v) is 4.26. The van der Waals surface area contributed by atoms with Crippen molar-refractivity contribution in [2.24, 2.45) is 5.92 Å². The highest BCUT2D eigenvalue weighted by Gasteiger charge is 2.33. The molecular formula is C23H28ClNO5. The average molecular weight is 434 g/mol. The van der Waals surface area contributed by atoms with Gasteiger partial charge in [0.2, 0.25) is 0 Å². The van der Waals surface area contributed by atoms with Crippen LogP contribution in [0.3, 0.4) is 0 Å². The number of nitrogens with zero attached hydrogens (tertiary/aromatic N) is 1. The lowest BCUT2D eigenvalue weighted by Gasteiger charge is -2.38. The first-order valence-electron chi connectivity index (χ1n) is 10.1. The molecule has 2 aromatic carbocycles. The van der Waals surface area contributed by atoms with Gasteiger partial charge < -0.3 is 19.3 Å². The number of carboxylic acid groups (broad SMARTS) is 1. The summed E-state index contributed by atoms with van der Waals surface area (Å²) >= 11 is 6.34. The molecule has 2 aromatic rings. The highest BCUT2D eigenvalue weighted by atomic mass is 35.5. The van der Waals surface area contributed by atoms with E-state index >= 15 is 0 Å². The number of likely N-dealkylation sites (tertiary alicyclic amines) is 1. The van der Waals surface area contributed by atoms with E-state index in [9.17, 15) is 9.90 Å². The average Bonchev–Trinajstić information content (AvgIpc) is 2.75. The van der Waals surface area contributed by atoms with Gasteiger partial charge in [-0.1, -0.05) is 17.7 Å². The maximum absolute atomic E-state index is 11.7. The van der Waals surface area contributed by atoms with Gasteiger partial charge in [0.15, 0.2) is 11.5 Å². The van der Waals surface area contributed by atoms with Crippen LogP contribution in [0.2, 0.25) is 5.02 Å². The first kappa shape index (κ1) is 22.2. The summed E-state index contributed by atoms with van der Waals surface area (Å²) in [7, 11) is 3.23. The third-order valence-electron chi connectivity index (χ3n) is 5.46. The lowest BCUT2D eigenvalue weighted by Crippen LogP contribution is -2.41. The zero-order valence-corrected chi connectivity index (χ0v) is 18.3. The van der Waals surface area contributed by atoms with Gasteiger partial charge in [-0.15, -0.1) is 0 Å². The largest absolute Gasteiger partial charge is 0.496 e. The Morgan fingerprint density at radius 3 is 2.57 bits per heavy atom. The predicted molar refractivity (Wildman–Crippen MR) is 116 cm³/mol. The second-order valence-electron chi connectivity index (χ2n) is 7.30. The Balaban J connectivity index is 2.11. The van der Waals surface area contributed by atoms with E-state index in [2.05, 4.69) is 4.90 Å². The van der Waals surface area contributed by atoms with Crippen molar-refractivity contribution in [3.05, 3.63) is 52.5 Å². The van der Waals surface area contributed by atoms with E-state index in [0.717, 1.165) is 24.1 Å². The molecule has 0 aliphatic carbocycles. The number of benzene rings is 2. The second-order valence-corrected chi connectivity index (χ2v) is 7.74. The van der Waals surface area contributed by atoms with Crippen LogP contribution in [0, 0.1) is 5.92 Å². The Morgan fingerprint density at radius 2 is 1.90 bits per heavy atom. The second kappa shape index (κ2) is 10.0. The van der Waals surface area contributed by atoms with Crippen LogP contribution in [-0.2, 0) is 4.79 Å². The number of aliphatic carboxylic acids is 1. The summed E-state index contributed by atoms with van der Waals surface area (Å²) in [4.78, 5) is 13.9. The van der Waals surface area contributed by atoms with E-state index in [-0.39, 0.29) is 6.04 Å². The molecule has 1 aliphatic rings. The molecule has 0 amide bonds. The van der Waals surface area contributed by atoms with E-state index in [1.165, 1.54) is 0 Å². The molecule has 0 saturated carbocycles.